The SMILES string of the molecule is COc1cnc(C(=O)NC2=CC=C(F)C(C)([C@]3(C(F)F)COCC(N)=N3)C2)cn1. The lowest BCUT2D eigenvalue weighted by molar-refractivity contribution is -0.0704. The van der Waals surface area contributed by atoms with Crippen molar-refractivity contribution in [2.45, 2.75) is 25.3 Å². The first-order valence-electron chi connectivity index (χ1n) is 8.66. The van der Waals surface area contributed by atoms with Gasteiger partial charge in [0.05, 0.1) is 31.5 Å². The predicted molar refractivity (Wildman–Crippen MR) is 97.2 cm³/mol. The summed E-state index contributed by atoms with van der Waals surface area (Å²) in [6, 6.07) is 0. The van der Waals surface area contributed by atoms with Gasteiger partial charge in [0.2, 0.25) is 5.88 Å². The maximum absolute atomic E-state index is 14.8. The third-order valence-electron chi connectivity index (χ3n) is 5.08. The van der Waals surface area contributed by atoms with E-state index in [9.17, 15) is 18.0 Å². The average molecular weight is 411 g/mol. The van der Waals surface area contributed by atoms with Crippen LogP contribution in [0, 0.1) is 5.41 Å². The van der Waals surface area contributed by atoms with Gasteiger partial charge in [0.25, 0.3) is 12.3 Å². The lowest BCUT2D eigenvalue weighted by Gasteiger charge is -2.47. The van der Waals surface area contributed by atoms with Crippen molar-refractivity contribution in [3.05, 3.63) is 41.8 Å². The second-order valence-corrected chi connectivity index (χ2v) is 6.93. The summed E-state index contributed by atoms with van der Waals surface area (Å²) < 4.78 is 53.1. The Morgan fingerprint density at radius 3 is 2.69 bits per heavy atom. The van der Waals surface area contributed by atoms with E-state index in [1.807, 2.05) is 0 Å². The average Bonchev–Trinajstić information content (AvgIpc) is 2.70. The maximum atomic E-state index is 14.8. The van der Waals surface area contributed by atoms with E-state index in [-0.39, 0.29) is 36.1 Å². The largest absolute Gasteiger partial charge is 0.480 e. The number of aliphatic imine (C=N–C) groups is 1. The fraction of sp³-hybridized carbons (Fsp3) is 0.444. The molecular formula is C18H20F3N5O3. The highest BCUT2D eigenvalue weighted by molar-refractivity contribution is 5.93. The first kappa shape index (κ1) is 20.8. The summed E-state index contributed by atoms with van der Waals surface area (Å²) in [6.07, 6.45) is 1.50. The van der Waals surface area contributed by atoms with Crippen LogP contribution in [0.4, 0.5) is 13.2 Å². The molecule has 29 heavy (non-hydrogen) atoms. The monoisotopic (exact) mass is 411 g/mol. The Morgan fingerprint density at radius 1 is 1.34 bits per heavy atom. The predicted octanol–water partition coefficient (Wildman–Crippen LogP) is 1.75. The molecule has 11 heteroatoms. The zero-order valence-electron chi connectivity index (χ0n) is 15.8. The van der Waals surface area contributed by atoms with Crippen molar-refractivity contribution in [1.82, 2.24) is 15.3 Å². The summed E-state index contributed by atoms with van der Waals surface area (Å²) in [7, 11) is 1.40. The van der Waals surface area contributed by atoms with Gasteiger partial charge in [-0.15, -0.1) is 0 Å². The number of amides is 1. The molecule has 2 aliphatic rings. The molecule has 2 atom stereocenters. The zero-order chi connectivity index (χ0) is 21.2. The molecule has 2 heterocycles. The van der Waals surface area contributed by atoms with Crippen LogP contribution < -0.4 is 15.8 Å². The van der Waals surface area contributed by atoms with E-state index in [0.717, 1.165) is 6.08 Å². The van der Waals surface area contributed by atoms with E-state index in [0.29, 0.717) is 0 Å². The number of carbonyl (C=O) groups is 1. The topological polar surface area (TPSA) is 112 Å². The van der Waals surface area contributed by atoms with Crippen molar-refractivity contribution in [3.63, 3.8) is 0 Å². The van der Waals surface area contributed by atoms with Gasteiger partial charge >= 0.3 is 0 Å². The number of amidine groups is 1. The van der Waals surface area contributed by atoms with Gasteiger partial charge in [0.1, 0.15) is 24.0 Å². The van der Waals surface area contributed by atoms with Crippen molar-refractivity contribution in [2.75, 3.05) is 20.3 Å². The molecule has 1 unspecified atom stereocenters. The maximum Gasteiger partial charge on any atom is 0.275 e. The Morgan fingerprint density at radius 2 is 2.10 bits per heavy atom. The molecule has 0 saturated heterocycles. The normalized spacial score (nSPS) is 27.0. The molecule has 0 aromatic carbocycles. The smallest absolute Gasteiger partial charge is 0.275 e. The van der Waals surface area contributed by atoms with Gasteiger partial charge in [0, 0.05) is 12.1 Å². The summed E-state index contributed by atoms with van der Waals surface area (Å²) in [4.78, 5) is 24.1. The summed E-state index contributed by atoms with van der Waals surface area (Å²) >= 11 is 0. The van der Waals surface area contributed by atoms with Gasteiger partial charge in [-0.3, -0.25) is 9.79 Å². The molecule has 0 spiro atoms. The second-order valence-electron chi connectivity index (χ2n) is 6.93. The lowest BCUT2D eigenvalue weighted by atomic mass is 9.65. The van der Waals surface area contributed by atoms with Crippen LogP contribution in [-0.2, 0) is 4.74 Å². The molecule has 3 N–H and O–H groups in total. The quantitative estimate of drug-likeness (QED) is 0.764. The molecule has 1 aromatic heterocycles. The number of nitrogens with zero attached hydrogens (tertiary/aromatic N) is 3. The lowest BCUT2D eigenvalue weighted by Crippen LogP contribution is -2.59. The van der Waals surface area contributed by atoms with Crippen LogP contribution >= 0.6 is 0 Å². The van der Waals surface area contributed by atoms with Crippen LogP contribution in [-0.4, -0.2) is 54.0 Å². The number of nitrogens with two attached hydrogens (primary N) is 1. The Balaban J connectivity index is 1.87. The number of carbonyl (C=O) groups excluding carboxylic acids is 1. The Labute approximate surface area is 164 Å². The Hall–Kier alpha value is -2.95. The Bertz CT molecular complexity index is 887. The van der Waals surface area contributed by atoms with E-state index < -0.39 is 35.7 Å². The number of nitrogens with one attached hydrogen (secondary N) is 1. The first-order chi connectivity index (χ1) is 13.7. The van der Waals surface area contributed by atoms with Crippen molar-refractivity contribution in [1.29, 1.82) is 0 Å². The molecule has 1 aliphatic carbocycles. The van der Waals surface area contributed by atoms with Crippen LogP contribution in [0.5, 0.6) is 5.88 Å². The van der Waals surface area contributed by atoms with E-state index in [2.05, 4.69) is 20.3 Å². The summed E-state index contributed by atoms with van der Waals surface area (Å²) in [5.74, 6) is -1.34. The van der Waals surface area contributed by atoms with Gasteiger partial charge in [-0.25, -0.2) is 23.1 Å². The minimum absolute atomic E-state index is 0.0183. The van der Waals surface area contributed by atoms with Gasteiger partial charge in [-0.1, -0.05) is 6.92 Å². The zero-order valence-corrected chi connectivity index (χ0v) is 15.8. The molecule has 1 amide bonds. The summed E-state index contributed by atoms with van der Waals surface area (Å²) in [6.45, 7) is 0.697. The fourth-order valence-corrected chi connectivity index (χ4v) is 3.34. The van der Waals surface area contributed by atoms with Crippen molar-refractivity contribution in [3.8, 4) is 5.88 Å². The van der Waals surface area contributed by atoms with Crippen LogP contribution in [0.2, 0.25) is 0 Å². The van der Waals surface area contributed by atoms with Crippen LogP contribution in [0.1, 0.15) is 23.8 Å². The number of aromatic nitrogens is 2. The van der Waals surface area contributed by atoms with Crippen molar-refractivity contribution < 1.29 is 27.4 Å². The number of allylic oxidation sites excluding steroid dienone is 3. The summed E-state index contributed by atoms with van der Waals surface area (Å²) in [5, 5.41) is 2.56. The van der Waals surface area contributed by atoms with E-state index in [1.54, 1.807) is 0 Å². The van der Waals surface area contributed by atoms with E-state index >= 15 is 0 Å². The van der Waals surface area contributed by atoms with Gasteiger partial charge < -0.3 is 20.5 Å². The molecule has 0 saturated carbocycles. The highest BCUT2D eigenvalue weighted by Crippen LogP contribution is 2.51. The highest BCUT2D eigenvalue weighted by Gasteiger charge is 2.59. The second kappa shape index (κ2) is 7.82. The third kappa shape index (κ3) is 3.69. The van der Waals surface area contributed by atoms with Gasteiger partial charge in [0.15, 0.2) is 5.54 Å². The number of halogens is 3. The minimum Gasteiger partial charge on any atom is -0.480 e. The molecule has 1 aliphatic heterocycles. The molecular weight excluding hydrogens is 391 g/mol. The molecule has 8 nitrogen and oxygen atoms in total. The minimum atomic E-state index is -3.05. The molecule has 3 rings (SSSR count). The fourth-order valence-electron chi connectivity index (χ4n) is 3.34. The van der Waals surface area contributed by atoms with Crippen LogP contribution in [0.15, 0.2) is 41.1 Å². The number of rotatable bonds is 5. The first-order valence-corrected chi connectivity index (χ1v) is 8.66. The van der Waals surface area contributed by atoms with E-state index in [4.69, 9.17) is 15.2 Å². The molecule has 0 radical (unpaired) electrons. The number of methoxy groups -OCH3 is 1. The van der Waals surface area contributed by atoms with E-state index in [1.165, 1.54) is 32.5 Å². The van der Waals surface area contributed by atoms with Crippen LogP contribution in [0.3, 0.4) is 0 Å². The number of alkyl halides is 2. The van der Waals surface area contributed by atoms with Gasteiger partial charge in [-0.2, -0.15) is 0 Å². The third-order valence-corrected chi connectivity index (χ3v) is 5.08. The standard InChI is InChI=1S/C18H20F3N5O3/c1-17(18(16(20)21)9-29-8-13(22)26-18)5-10(3-4-12(17)19)25-15(27)11-6-24-14(28-2)7-23-11/h3-4,6-7,16H,5,8-9H2,1-2H3,(H2,22,26)(H,25,27)/t17?,18-/m1/s1. The van der Waals surface area contributed by atoms with Gasteiger partial charge in [-0.05, 0) is 12.2 Å². The molecule has 1 aromatic rings. The molecule has 156 valence electrons. The number of hydrogen-bond donors (Lipinski definition) is 2. The number of ether oxygens (including phenoxy) is 2. The van der Waals surface area contributed by atoms with Crippen molar-refractivity contribution >= 4 is 11.7 Å². The molecule has 0 fully saturated rings. The Kier molecular flexibility index (Phi) is 5.60. The number of hydrogen-bond acceptors (Lipinski definition) is 7. The van der Waals surface area contributed by atoms with Crippen LogP contribution in [0.25, 0.3) is 0 Å². The molecule has 0 bridgehead atoms. The van der Waals surface area contributed by atoms with Crippen molar-refractivity contribution in [2.24, 2.45) is 16.1 Å². The summed E-state index contributed by atoms with van der Waals surface area (Å²) in [5.41, 5.74) is 1.81. The highest BCUT2D eigenvalue weighted by atomic mass is 19.3.